The normalized spacial score (nSPS) is 19.3. The molecule has 13 heteroatoms. The average molecular weight is 801 g/mol. The quantitative estimate of drug-likeness (QED) is 0.130. The van der Waals surface area contributed by atoms with Crippen molar-refractivity contribution in [1.82, 2.24) is 40.3 Å². The van der Waals surface area contributed by atoms with E-state index in [2.05, 4.69) is 99.3 Å². The summed E-state index contributed by atoms with van der Waals surface area (Å²) in [5, 5.41) is 16.6. The van der Waals surface area contributed by atoms with Crippen LogP contribution in [-0.4, -0.2) is 89.5 Å². The number of benzene rings is 1. The Bertz CT molecular complexity index is 2260. The van der Waals surface area contributed by atoms with E-state index in [1.807, 2.05) is 29.9 Å². The Labute approximate surface area is 348 Å². The number of likely N-dealkylation sites (N-methyl/N-ethyl adjacent to an activating group) is 1. The number of aryl methyl sites for hydroxylation is 1. The SMILES string of the molecule is C=C(CCC1=Cc2cc(Nc3nc(N4CCN(CCC5CCN(c6ccc7c(C8CCC(=C)NC8=C)nn(C)c7c6)CC5)CC4)ncc3Cl)cnc2N(C)C1=C)NC. The fourth-order valence-corrected chi connectivity index (χ4v) is 8.96. The molecule has 4 aliphatic heterocycles. The van der Waals surface area contributed by atoms with Crippen molar-refractivity contribution in [3.63, 3.8) is 0 Å². The van der Waals surface area contributed by atoms with Crippen molar-refractivity contribution < 1.29 is 0 Å². The Balaban J connectivity index is 0.818. The van der Waals surface area contributed by atoms with Crippen molar-refractivity contribution >= 4 is 57.5 Å². The molecule has 1 unspecified atom stereocenters. The molecule has 4 aromatic rings. The number of pyridine rings is 1. The minimum Gasteiger partial charge on any atom is -0.392 e. The van der Waals surface area contributed by atoms with Gasteiger partial charge in [-0.1, -0.05) is 37.9 Å². The molecule has 4 aliphatic rings. The van der Waals surface area contributed by atoms with Crippen LogP contribution in [0.15, 0.2) is 91.3 Å². The van der Waals surface area contributed by atoms with E-state index in [4.69, 9.17) is 26.7 Å². The monoisotopic (exact) mass is 800 g/mol. The second-order valence-corrected chi connectivity index (χ2v) is 16.7. The summed E-state index contributed by atoms with van der Waals surface area (Å²) in [6.45, 7) is 23.8. The standard InChI is InChI=1S/C45H57ClN12/c1-29(47-5)8-10-34-24-35-25-36(27-48-44(35)54(6)32(34)4)51-43-40(46)28-49-45(52-43)58-22-20-56(21-23-58)17-14-33-15-18-57(19-16-33)37-11-13-39-41(26-37)55(7)53-42(39)38-12-9-30(2)50-31(38)3/h11,13,24-28,33,38,47,50H,1-4,8-10,12,14-23H2,5-7H3,(H,49,51,52). The van der Waals surface area contributed by atoms with Crippen molar-refractivity contribution in [2.75, 3.05) is 79.9 Å². The molecule has 1 atom stereocenters. The van der Waals surface area contributed by atoms with Crippen molar-refractivity contribution in [3.05, 3.63) is 108 Å². The Morgan fingerprint density at radius 1 is 0.966 bits per heavy atom. The first kappa shape index (κ1) is 39.5. The molecule has 12 nitrogen and oxygen atoms in total. The maximum absolute atomic E-state index is 6.63. The summed E-state index contributed by atoms with van der Waals surface area (Å²) in [4.78, 5) is 23.7. The van der Waals surface area contributed by atoms with Gasteiger partial charge in [0, 0.05) is 106 Å². The van der Waals surface area contributed by atoms with Gasteiger partial charge in [0.1, 0.15) is 10.8 Å². The van der Waals surface area contributed by atoms with E-state index in [1.165, 1.54) is 35.9 Å². The summed E-state index contributed by atoms with van der Waals surface area (Å²) in [5.41, 5.74) is 10.6. The molecule has 304 valence electrons. The number of aromatic nitrogens is 5. The minimum atomic E-state index is 0.210. The predicted octanol–water partition coefficient (Wildman–Crippen LogP) is 7.94. The fraction of sp³-hybridized carbons (Fsp3) is 0.422. The highest BCUT2D eigenvalue weighted by atomic mass is 35.5. The van der Waals surface area contributed by atoms with Gasteiger partial charge in [0.2, 0.25) is 5.95 Å². The van der Waals surface area contributed by atoms with E-state index in [9.17, 15) is 0 Å². The number of piperidine rings is 2. The summed E-state index contributed by atoms with van der Waals surface area (Å²) in [5.74, 6) is 3.08. The summed E-state index contributed by atoms with van der Waals surface area (Å²) in [6, 6.07) is 8.97. The smallest absolute Gasteiger partial charge is 0.227 e. The number of fused-ring (bicyclic) bond motifs is 2. The fourth-order valence-electron chi connectivity index (χ4n) is 8.82. The van der Waals surface area contributed by atoms with Crippen LogP contribution < -0.4 is 30.7 Å². The van der Waals surface area contributed by atoms with Crippen LogP contribution in [0.2, 0.25) is 5.02 Å². The molecule has 58 heavy (non-hydrogen) atoms. The van der Waals surface area contributed by atoms with Gasteiger partial charge in [0.05, 0.1) is 29.3 Å². The second kappa shape index (κ2) is 16.9. The molecule has 0 bridgehead atoms. The van der Waals surface area contributed by atoms with Crippen LogP contribution in [0.5, 0.6) is 0 Å². The van der Waals surface area contributed by atoms with Crippen LogP contribution in [0.4, 0.5) is 29.0 Å². The number of rotatable bonds is 12. The van der Waals surface area contributed by atoms with Crippen LogP contribution in [-0.2, 0) is 7.05 Å². The molecule has 3 fully saturated rings. The van der Waals surface area contributed by atoms with Crippen LogP contribution in [0.3, 0.4) is 0 Å². The van der Waals surface area contributed by atoms with Gasteiger partial charge in [0.15, 0.2) is 5.82 Å². The van der Waals surface area contributed by atoms with E-state index < -0.39 is 0 Å². The summed E-state index contributed by atoms with van der Waals surface area (Å²) in [7, 11) is 5.96. The second-order valence-electron chi connectivity index (χ2n) is 16.3. The first-order valence-corrected chi connectivity index (χ1v) is 21.0. The molecule has 3 N–H and O–H groups in total. The van der Waals surface area contributed by atoms with E-state index in [1.54, 1.807) is 6.20 Å². The molecule has 7 heterocycles. The van der Waals surface area contributed by atoms with Crippen molar-refractivity contribution in [2.45, 2.75) is 50.9 Å². The zero-order valence-corrected chi connectivity index (χ0v) is 35.1. The first-order valence-electron chi connectivity index (χ1n) is 20.7. The van der Waals surface area contributed by atoms with Gasteiger partial charge in [-0.3, -0.25) is 9.58 Å². The molecule has 0 radical (unpaired) electrons. The van der Waals surface area contributed by atoms with Gasteiger partial charge in [-0.15, -0.1) is 0 Å². The van der Waals surface area contributed by atoms with E-state index >= 15 is 0 Å². The third-order valence-corrected chi connectivity index (χ3v) is 12.8. The maximum atomic E-state index is 6.63. The number of piperazine rings is 1. The largest absolute Gasteiger partial charge is 0.392 e. The molecular weight excluding hydrogens is 744 g/mol. The summed E-state index contributed by atoms with van der Waals surface area (Å²) in [6.07, 6.45) is 13.0. The number of halogens is 1. The topological polar surface area (TPSA) is 106 Å². The van der Waals surface area contributed by atoms with Gasteiger partial charge >= 0.3 is 0 Å². The van der Waals surface area contributed by atoms with E-state index in [-0.39, 0.29) is 5.92 Å². The molecule has 3 saturated heterocycles. The number of nitrogens with zero attached hydrogens (tertiary/aromatic N) is 9. The van der Waals surface area contributed by atoms with Crippen LogP contribution >= 0.6 is 11.6 Å². The van der Waals surface area contributed by atoms with Crippen molar-refractivity contribution in [2.24, 2.45) is 13.0 Å². The number of hydrogen-bond donors (Lipinski definition) is 3. The number of nitrogens with one attached hydrogen (secondary N) is 3. The number of allylic oxidation sites excluding steroid dienone is 4. The zero-order chi connectivity index (χ0) is 40.5. The van der Waals surface area contributed by atoms with Gasteiger partial charge in [-0.05, 0) is 93.3 Å². The van der Waals surface area contributed by atoms with Crippen LogP contribution in [0.1, 0.15) is 62.1 Å². The molecule has 8 rings (SSSR count). The van der Waals surface area contributed by atoms with Gasteiger partial charge in [0.25, 0.3) is 0 Å². The lowest BCUT2D eigenvalue weighted by atomic mass is 9.90. The highest BCUT2D eigenvalue weighted by Crippen LogP contribution is 2.38. The maximum Gasteiger partial charge on any atom is 0.227 e. The van der Waals surface area contributed by atoms with Crippen molar-refractivity contribution in [3.8, 4) is 0 Å². The third kappa shape index (κ3) is 8.31. The van der Waals surface area contributed by atoms with Gasteiger partial charge in [-0.2, -0.15) is 10.1 Å². The molecule has 0 aliphatic carbocycles. The lowest BCUT2D eigenvalue weighted by Gasteiger charge is -2.37. The number of anilines is 5. The first-order chi connectivity index (χ1) is 28.0. The highest BCUT2D eigenvalue weighted by Gasteiger charge is 2.28. The predicted molar refractivity (Wildman–Crippen MR) is 240 cm³/mol. The van der Waals surface area contributed by atoms with E-state index in [0.717, 1.165) is 129 Å². The minimum absolute atomic E-state index is 0.210. The van der Waals surface area contributed by atoms with E-state index in [0.29, 0.717) is 16.8 Å². The van der Waals surface area contributed by atoms with Crippen molar-refractivity contribution in [1.29, 1.82) is 0 Å². The molecule has 1 aromatic carbocycles. The van der Waals surface area contributed by atoms with Gasteiger partial charge in [-0.25, -0.2) is 9.97 Å². The Kier molecular flexibility index (Phi) is 11.5. The lowest BCUT2D eigenvalue weighted by Crippen LogP contribution is -2.47. The Morgan fingerprint density at radius 3 is 2.52 bits per heavy atom. The lowest BCUT2D eigenvalue weighted by molar-refractivity contribution is 0.227. The molecule has 0 spiro atoms. The molecule has 0 saturated carbocycles. The average Bonchev–Trinajstić information content (AvgIpc) is 3.56. The number of hydrogen-bond acceptors (Lipinski definition) is 11. The Hall–Kier alpha value is -5.33. The summed E-state index contributed by atoms with van der Waals surface area (Å²) >= 11 is 6.63. The van der Waals surface area contributed by atoms with Crippen LogP contribution in [0, 0.1) is 5.92 Å². The van der Waals surface area contributed by atoms with Gasteiger partial charge < -0.3 is 30.7 Å². The van der Waals surface area contributed by atoms with Crippen LogP contribution in [0.25, 0.3) is 17.0 Å². The molecular formula is C45H57ClN12. The molecule has 0 amide bonds. The third-order valence-electron chi connectivity index (χ3n) is 12.5. The zero-order valence-electron chi connectivity index (χ0n) is 34.3. The molecule has 3 aromatic heterocycles. The summed E-state index contributed by atoms with van der Waals surface area (Å²) < 4.78 is 2.04. The highest BCUT2D eigenvalue weighted by molar-refractivity contribution is 6.32. The Morgan fingerprint density at radius 2 is 1.76 bits per heavy atom.